The van der Waals surface area contributed by atoms with Crippen molar-refractivity contribution in [3.8, 4) is 0 Å². The molecule has 0 bridgehead atoms. The molecule has 6 heteroatoms. The summed E-state index contributed by atoms with van der Waals surface area (Å²) < 4.78 is 0. The SMILES string of the molecule is CC(=O)CN1CCN(CC(C)=O)CCN(CC(C)=O)CC1. The molecule has 0 radical (unpaired) electrons. The van der Waals surface area contributed by atoms with E-state index in [1.54, 1.807) is 20.8 Å². The maximum absolute atomic E-state index is 11.3. The summed E-state index contributed by atoms with van der Waals surface area (Å²) in [6.45, 7) is 10.7. The van der Waals surface area contributed by atoms with E-state index in [1.807, 2.05) is 0 Å². The molecule has 0 N–H and O–H groups in total. The van der Waals surface area contributed by atoms with Crippen LogP contribution in [0.15, 0.2) is 0 Å². The van der Waals surface area contributed by atoms with Gasteiger partial charge in [-0.05, 0) is 20.8 Å². The largest absolute Gasteiger partial charge is 0.299 e. The number of nitrogens with zero attached hydrogens (tertiary/aromatic N) is 3. The van der Waals surface area contributed by atoms with E-state index in [2.05, 4.69) is 14.7 Å². The number of rotatable bonds is 6. The van der Waals surface area contributed by atoms with Gasteiger partial charge < -0.3 is 0 Å². The topological polar surface area (TPSA) is 60.9 Å². The molecule has 1 fully saturated rings. The molecule has 1 heterocycles. The van der Waals surface area contributed by atoms with E-state index in [0.717, 1.165) is 39.3 Å². The van der Waals surface area contributed by atoms with Crippen LogP contribution in [-0.2, 0) is 14.4 Å². The van der Waals surface area contributed by atoms with Gasteiger partial charge in [0.25, 0.3) is 0 Å². The zero-order chi connectivity index (χ0) is 15.8. The van der Waals surface area contributed by atoms with E-state index in [4.69, 9.17) is 0 Å². The zero-order valence-electron chi connectivity index (χ0n) is 13.4. The third kappa shape index (κ3) is 8.04. The van der Waals surface area contributed by atoms with E-state index in [-0.39, 0.29) is 17.3 Å². The first-order valence-corrected chi connectivity index (χ1v) is 7.52. The van der Waals surface area contributed by atoms with E-state index in [0.29, 0.717) is 19.6 Å². The maximum Gasteiger partial charge on any atom is 0.143 e. The predicted molar refractivity (Wildman–Crippen MR) is 81.4 cm³/mol. The van der Waals surface area contributed by atoms with Crippen molar-refractivity contribution >= 4 is 17.3 Å². The average Bonchev–Trinajstić information content (AvgIpc) is 2.42. The van der Waals surface area contributed by atoms with Gasteiger partial charge in [-0.2, -0.15) is 0 Å². The third-order valence-corrected chi connectivity index (χ3v) is 3.54. The Balaban J connectivity index is 2.68. The molecule has 21 heavy (non-hydrogen) atoms. The lowest BCUT2D eigenvalue weighted by molar-refractivity contribution is -0.119. The second kappa shape index (κ2) is 9.02. The number of hydrogen-bond donors (Lipinski definition) is 0. The quantitative estimate of drug-likeness (QED) is 0.669. The van der Waals surface area contributed by atoms with Gasteiger partial charge in [0.15, 0.2) is 0 Å². The summed E-state index contributed by atoms with van der Waals surface area (Å²) in [5, 5.41) is 0. The molecule has 0 aromatic heterocycles. The van der Waals surface area contributed by atoms with Gasteiger partial charge in [-0.3, -0.25) is 29.1 Å². The van der Waals surface area contributed by atoms with Crippen LogP contribution in [0.2, 0.25) is 0 Å². The summed E-state index contributed by atoms with van der Waals surface area (Å²) >= 11 is 0. The van der Waals surface area contributed by atoms with Crippen LogP contribution in [0, 0.1) is 0 Å². The van der Waals surface area contributed by atoms with Crippen LogP contribution in [0.1, 0.15) is 20.8 Å². The van der Waals surface area contributed by atoms with Gasteiger partial charge in [-0.25, -0.2) is 0 Å². The second-order valence-electron chi connectivity index (χ2n) is 5.93. The van der Waals surface area contributed by atoms with Gasteiger partial charge in [0.2, 0.25) is 0 Å². The highest BCUT2D eigenvalue weighted by molar-refractivity contribution is 5.78. The lowest BCUT2D eigenvalue weighted by Crippen LogP contribution is -2.39. The Kier molecular flexibility index (Phi) is 7.71. The summed E-state index contributed by atoms with van der Waals surface area (Å²) in [6.07, 6.45) is 0. The molecular weight excluding hydrogens is 270 g/mol. The van der Waals surface area contributed by atoms with Crippen LogP contribution in [0.5, 0.6) is 0 Å². The lowest BCUT2D eigenvalue weighted by atomic mass is 10.3. The van der Waals surface area contributed by atoms with Crippen LogP contribution in [-0.4, -0.2) is 91.0 Å². The molecular formula is C15H27N3O3. The minimum Gasteiger partial charge on any atom is -0.299 e. The molecule has 0 aromatic rings. The summed E-state index contributed by atoms with van der Waals surface area (Å²) in [5.74, 6) is 0.432. The third-order valence-electron chi connectivity index (χ3n) is 3.54. The van der Waals surface area contributed by atoms with Crippen molar-refractivity contribution in [2.75, 3.05) is 58.9 Å². The lowest BCUT2D eigenvalue weighted by Gasteiger charge is -2.24. The highest BCUT2D eigenvalue weighted by atomic mass is 16.1. The molecule has 1 aliphatic rings. The Morgan fingerprint density at radius 1 is 0.571 bits per heavy atom. The second-order valence-corrected chi connectivity index (χ2v) is 5.93. The van der Waals surface area contributed by atoms with Crippen molar-refractivity contribution in [3.05, 3.63) is 0 Å². The number of carbonyl (C=O) groups excluding carboxylic acids is 3. The smallest absolute Gasteiger partial charge is 0.143 e. The zero-order valence-corrected chi connectivity index (χ0v) is 13.4. The molecule has 0 atom stereocenters. The molecule has 0 saturated carbocycles. The minimum absolute atomic E-state index is 0.144. The Morgan fingerprint density at radius 3 is 0.905 bits per heavy atom. The van der Waals surface area contributed by atoms with E-state index in [9.17, 15) is 14.4 Å². The van der Waals surface area contributed by atoms with E-state index < -0.39 is 0 Å². The fraction of sp³-hybridized carbons (Fsp3) is 0.800. The summed E-state index contributed by atoms with van der Waals surface area (Å²) in [4.78, 5) is 40.3. The molecule has 1 rings (SSSR count). The van der Waals surface area contributed by atoms with Gasteiger partial charge in [-0.1, -0.05) is 0 Å². The molecule has 0 unspecified atom stereocenters. The van der Waals surface area contributed by atoms with E-state index in [1.165, 1.54) is 0 Å². The van der Waals surface area contributed by atoms with Crippen molar-refractivity contribution in [1.29, 1.82) is 0 Å². The molecule has 0 amide bonds. The summed E-state index contributed by atoms with van der Waals surface area (Å²) in [7, 11) is 0. The van der Waals surface area contributed by atoms with Crippen molar-refractivity contribution in [2.24, 2.45) is 0 Å². The minimum atomic E-state index is 0.144. The van der Waals surface area contributed by atoms with Crippen molar-refractivity contribution in [2.45, 2.75) is 20.8 Å². The van der Waals surface area contributed by atoms with Gasteiger partial charge in [0, 0.05) is 39.3 Å². The molecule has 0 spiro atoms. The maximum atomic E-state index is 11.3. The van der Waals surface area contributed by atoms with Crippen LogP contribution >= 0.6 is 0 Å². The molecule has 120 valence electrons. The Hall–Kier alpha value is -1.11. The summed E-state index contributed by atoms with van der Waals surface area (Å²) in [5.41, 5.74) is 0. The standard InChI is InChI=1S/C15H27N3O3/c1-13(19)10-16-4-6-17(11-14(2)20)8-9-18(7-5-16)12-15(3)21/h4-12H2,1-3H3. The first-order chi connectivity index (χ1) is 9.86. The Morgan fingerprint density at radius 2 is 0.762 bits per heavy atom. The van der Waals surface area contributed by atoms with Gasteiger partial charge in [0.05, 0.1) is 19.6 Å². The van der Waals surface area contributed by atoms with Gasteiger partial charge in [-0.15, -0.1) is 0 Å². The van der Waals surface area contributed by atoms with Crippen LogP contribution in [0.3, 0.4) is 0 Å². The Labute approximate surface area is 127 Å². The highest BCUT2D eigenvalue weighted by Gasteiger charge is 2.18. The molecule has 0 aliphatic carbocycles. The first kappa shape index (κ1) is 17.9. The van der Waals surface area contributed by atoms with Gasteiger partial charge in [0.1, 0.15) is 17.3 Å². The number of Topliss-reactive ketones (excluding diaryl/α,β-unsaturated/α-hetero) is 3. The van der Waals surface area contributed by atoms with Gasteiger partial charge >= 0.3 is 0 Å². The number of ketones is 3. The van der Waals surface area contributed by atoms with Crippen LogP contribution in [0.4, 0.5) is 0 Å². The fourth-order valence-electron chi connectivity index (χ4n) is 2.60. The first-order valence-electron chi connectivity index (χ1n) is 7.52. The fourth-order valence-corrected chi connectivity index (χ4v) is 2.60. The number of carbonyl (C=O) groups is 3. The highest BCUT2D eigenvalue weighted by Crippen LogP contribution is 2.01. The monoisotopic (exact) mass is 297 g/mol. The Bertz CT molecular complexity index is 315. The summed E-state index contributed by atoms with van der Waals surface area (Å²) in [6, 6.07) is 0. The predicted octanol–water partition coefficient (Wildman–Crippen LogP) is -0.327. The van der Waals surface area contributed by atoms with Crippen LogP contribution < -0.4 is 0 Å². The molecule has 0 aromatic carbocycles. The van der Waals surface area contributed by atoms with E-state index >= 15 is 0 Å². The normalized spacial score (nSPS) is 19.6. The van der Waals surface area contributed by atoms with Crippen molar-refractivity contribution < 1.29 is 14.4 Å². The molecule has 1 aliphatic heterocycles. The van der Waals surface area contributed by atoms with Crippen LogP contribution in [0.25, 0.3) is 0 Å². The molecule has 6 nitrogen and oxygen atoms in total. The van der Waals surface area contributed by atoms with Crippen molar-refractivity contribution in [1.82, 2.24) is 14.7 Å². The average molecular weight is 297 g/mol. The van der Waals surface area contributed by atoms with Crippen molar-refractivity contribution in [3.63, 3.8) is 0 Å². The number of hydrogen-bond acceptors (Lipinski definition) is 6. The molecule has 1 saturated heterocycles.